The second-order valence-electron chi connectivity index (χ2n) is 4.96. The van der Waals surface area contributed by atoms with Crippen molar-refractivity contribution in [2.45, 2.75) is 0 Å². The third-order valence-corrected chi connectivity index (χ3v) is 3.33. The molecule has 3 N–H and O–H groups in total. The lowest BCUT2D eigenvalue weighted by Crippen LogP contribution is -2.43. The van der Waals surface area contributed by atoms with Crippen molar-refractivity contribution in [3.63, 3.8) is 0 Å². The molecule has 0 aliphatic heterocycles. The normalized spacial score (nSPS) is 10.1. The van der Waals surface area contributed by atoms with E-state index in [1.807, 2.05) is 48.5 Å². The summed E-state index contributed by atoms with van der Waals surface area (Å²) >= 11 is 0. The molecule has 5 heteroatoms. The highest BCUT2D eigenvalue weighted by molar-refractivity contribution is 6.00. The fraction of sp³-hybridized carbons (Fsp3) is 0. The number of hydrogen-bond donors (Lipinski definition) is 3. The molecule has 0 unspecified atom stereocenters. The molecule has 0 heterocycles. The molecule has 0 spiro atoms. The van der Waals surface area contributed by atoms with E-state index in [9.17, 15) is 9.59 Å². The Bertz CT molecular complexity index is 847. The first kappa shape index (κ1) is 14.6. The number of carbonyl (C=O) groups excluding carboxylic acids is 2. The number of anilines is 1. The molecular formula is C18H15N3O2. The van der Waals surface area contributed by atoms with E-state index in [1.54, 1.807) is 24.3 Å². The Morgan fingerprint density at radius 1 is 0.696 bits per heavy atom. The van der Waals surface area contributed by atoms with Gasteiger partial charge in [-0.15, -0.1) is 0 Å². The van der Waals surface area contributed by atoms with Crippen LogP contribution in [0.15, 0.2) is 72.8 Å². The number of benzene rings is 3. The van der Waals surface area contributed by atoms with Crippen molar-refractivity contribution >= 4 is 28.4 Å². The highest BCUT2D eigenvalue weighted by Crippen LogP contribution is 2.15. The fourth-order valence-electron chi connectivity index (χ4n) is 2.20. The fourth-order valence-corrected chi connectivity index (χ4v) is 2.20. The number of fused-ring (bicyclic) bond motifs is 1. The Morgan fingerprint density at radius 3 is 2.17 bits per heavy atom. The Kier molecular flexibility index (Phi) is 4.20. The number of rotatable bonds is 2. The van der Waals surface area contributed by atoms with Gasteiger partial charge in [0.2, 0.25) is 0 Å². The standard InChI is InChI=1S/C18H15N3O2/c22-17(15-11-10-13-6-4-5-7-14(13)12-15)20-21-18(23)19-16-8-2-1-3-9-16/h1-12H,(H,20,22)(H2,19,21,23). The molecule has 0 aliphatic rings. The number of nitrogens with one attached hydrogen (secondary N) is 3. The summed E-state index contributed by atoms with van der Waals surface area (Å²) in [6.45, 7) is 0. The minimum absolute atomic E-state index is 0.376. The summed E-state index contributed by atoms with van der Waals surface area (Å²) in [6, 6.07) is 21.6. The van der Waals surface area contributed by atoms with Crippen molar-refractivity contribution in [1.82, 2.24) is 10.9 Å². The monoisotopic (exact) mass is 305 g/mol. The number of amides is 3. The van der Waals surface area contributed by atoms with Gasteiger partial charge >= 0.3 is 6.03 Å². The largest absolute Gasteiger partial charge is 0.337 e. The van der Waals surface area contributed by atoms with Gasteiger partial charge in [-0.1, -0.05) is 48.5 Å². The lowest BCUT2D eigenvalue weighted by atomic mass is 10.1. The maximum atomic E-state index is 12.1. The smallest absolute Gasteiger partial charge is 0.307 e. The van der Waals surface area contributed by atoms with Crippen LogP contribution in [-0.2, 0) is 0 Å². The van der Waals surface area contributed by atoms with E-state index in [4.69, 9.17) is 0 Å². The maximum absolute atomic E-state index is 12.1. The summed E-state index contributed by atoms with van der Waals surface area (Å²) in [4.78, 5) is 23.8. The number of carbonyl (C=O) groups is 2. The van der Waals surface area contributed by atoms with Crippen molar-refractivity contribution in [3.05, 3.63) is 78.4 Å². The summed E-state index contributed by atoms with van der Waals surface area (Å²) in [5, 5.41) is 4.63. The first-order valence-corrected chi connectivity index (χ1v) is 7.13. The highest BCUT2D eigenvalue weighted by atomic mass is 16.2. The first-order valence-electron chi connectivity index (χ1n) is 7.13. The maximum Gasteiger partial charge on any atom is 0.337 e. The van der Waals surface area contributed by atoms with Crippen LogP contribution in [-0.4, -0.2) is 11.9 Å². The van der Waals surface area contributed by atoms with E-state index in [2.05, 4.69) is 16.2 Å². The van der Waals surface area contributed by atoms with Gasteiger partial charge in [0, 0.05) is 11.3 Å². The van der Waals surface area contributed by atoms with Gasteiger partial charge in [0.1, 0.15) is 0 Å². The molecule has 3 amide bonds. The molecule has 23 heavy (non-hydrogen) atoms. The zero-order valence-corrected chi connectivity index (χ0v) is 12.2. The quantitative estimate of drug-likeness (QED) is 0.636. The highest BCUT2D eigenvalue weighted by Gasteiger charge is 2.08. The number of urea groups is 1. The van der Waals surface area contributed by atoms with Crippen LogP contribution in [0.5, 0.6) is 0 Å². The molecule has 0 saturated carbocycles. The summed E-state index contributed by atoms with van der Waals surface area (Å²) < 4.78 is 0. The summed E-state index contributed by atoms with van der Waals surface area (Å²) in [6.07, 6.45) is 0. The molecular weight excluding hydrogens is 290 g/mol. The van der Waals surface area contributed by atoms with E-state index >= 15 is 0 Å². The lowest BCUT2D eigenvalue weighted by molar-refractivity contribution is 0.0938. The number of para-hydroxylation sites is 1. The molecule has 0 bridgehead atoms. The first-order chi connectivity index (χ1) is 11.2. The van der Waals surface area contributed by atoms with Gasteiger partial charge in [-0.25, -0.2) is 10.2 Å². The second-order valence-corrected chi connectivity index (χ2v) is 4.96. The molecule has 0 radical (unpaired) electrons. The van der Waals surface area contributed by atoms with E-state index < -0.39 is 6.03 Å². The number of hydrazine groups is 1. The Balaban J connectivity index is 1.61. The van der Waals surface area contributed by atoms with Crippen LogP contribution in [0, 0.1) is 0 Å². The summed E-state index contributed by atoms with van der Waals surface area (Å²) in [5.74, 6) is -0.376. The van der Waals surface area contributed by atoms with Gasteiger partial charge in [-0.2, -0.15) is 0 Å². The van der Waals surface area contributed by atoms with Crippen LogP contribution >= 0.6 is 0 Å². The van der Waals surface area contributed by atoms with E-state index in [0.717, 1.165) is 10.8 Å². The van der Waals surface area contributed by atoms with Gasteiger partial charge < -0.3 is 5.32 Å². The molecule has 0 aromatic heterocycles. The number of hydrogen-bond acceptors (Lipinski definition) is 2. The van der Waals surface area contributed by atoms with Gasteiger partial charge in [0.25, 0.3) is 5.91 Å². The van der Waals surface area contributed by atoms with Gasteiger partial charge in [-0.05, 0) is 35.0 Å². The van der Waals surface area contributed by atoms with Crippen LogP contribution in [0.1, 0.15) is 10.4 Å². The van der Waals surface area contributed by atoms with Crippen molar-refractivity contribution in [2.24, 2.45) is 0 Å². The Hall–Kier alpha value is -3.34. The van der Waals surface area contributed by atoms with E-state index in [1.165, 1.54) is 0 Å². The van der Waals surface area contributed by atoms with Crippen LogP contribution in [0.3, 0.4) is 0 Å². The summed E-state index contributed by atoms with van der Waals surface area (Å²) in [7, 11) is 0. The van der Waals surface area contributed by atoms with Gasteiger partial charge in [0.05, 0.1) is 0 Å². The van der Waals surface area contributed by atoms with E-state index in [-0.39, 0.29) is 5.91 Å². The SMILES string of the molecule is O=C(NNC(=O)c1ccc2ccccc2c1)Nc1ccccc1. The van der Waals surface area contributed by atoms with Gasteiger partial charge in [-0.3, -0.25) is 10.2 Å². The zero-order valence-electron chi connectivity index (χ0n) is 12.2. The Labute approximate surface area is 133 Å². The molecule has 0 fully saturated rings. The minimum atomic E-state index is -0.509. The molecule has 3 rings (SSSR count). The molecule has 0 atom stereocenters. The predicted molar refractivity (Wildman–Crippen MR) is 90.0 cm³/mol. The third-order valence-electron chi connectivity index (χ3n) is 3.33. The molecule has 3 aromatic rings. The van der Waals surface area contributed by atoms with Crippen LogP contribution in [0.25, 0.3) is 10.8 Å². The average molecular weight is 305 g/mol. The van der Waals surface area contributed by atoms with Crippen molar-refractivity contribution < 1.29 is 9.59 Å². The van der Waals surface area contributed by atoms with Gasteiger partial charge in [0.15, 0.2) is 0 Å². The summed E-state index contributed by atoms with van der Waals surface area (Å²) in [5.41, 5.74) is 5.83. The molecule has 0 aliphatic carbocycles. The second kappa shape index (κ2) is 6.62. The van der Waals surface area contributed by atoms with Crippen LogP contribution in [0.2, 0.25) is 0 Å². The van der Waals surface area contributed by atoms with Crippen molar-refractivity contribution in [1.29, 1.82) is 0 Å². The zero-order chi connectivity index (χ0) is 16.1. The minimum Gasteiger partial charge on any atom is -0.307 e. The predicted octanol–water partition coefficient (Wildman–Crippen LogP) is 3.31. The molecule has 3 aromatic carbocycles. The third kappa shape index (κ3) is 3.65. The molecule has 0 saturated heterocycles. The van der Waals surface area contributed by atoms with E-state index in [0.29, 0.717) is 11.3 Å². The van der Waals surface area contributed by atoms with Crippen LogP contribution < -0.4 is 16.2 Å². The van der Waals surface area contributed by atoms with Crippen LogP contribution in [0.4, 0.5) is 10.5 Å². The lowest BCUT2D eigenvalue weighted by Gasteiger charge is -2.09. The molecule has 5 nitrogen and oxygen atoms in total. The van der Waals surface area contributed by atoms with Crippen molar-refractivity contribution in [3.8, 4) is 0 Å². The topological polar surface area (TPSA) is 70.2 Å². The Morgan fingerprint density at radius 2 is 1.39 bits per heavy atom. The van der Waals surface area contributed by atoms with Crippen molar-refractivity contribution in [2.75, 3.05) is 5.32 Å². The molecule has 114 valence electrons. The average Bonchev–Trinajstić information content (AvgIpc) is 2.60.